The lowest BCUT2D eigenvalue weighted by molar-refractivity contribution is 0.128. The summed E-state index contributed by atoms with van der Waals surface area (Å²) in [7, 11) is -2.95. The van der Waals surface area contributed by atoms with Crippen LogP contribution in [-0.4, -0.2) is 49.1 Å². The maximum atomic E-state index is 11.6. The van der Waals surface area contributed by atoms with Crippen LogP contribution in [-0.2, 0) is 21.2 Å². The number of sulfone groups is 1. The van der Waals surface area contributed by atoms with Gasteiger partial charge in [0, 0.05) is 25.3 Å². The summed E-state index contributed by atoms with van der Waals surface area (Å²) in [4.78, 5) is 10.5. The predicted octanol–water partition coefficient (Wildman–Crippen LogP) is 0.219. The Bertz CT molecular complexity index is 576. The molecule has 2 heterocycles. The van der Waals surface area contributed by atoms with Crippen molar-refractivity contribution in [1.29, 1.82) is 0 Å². The van der Waals surface area contributed by atoms with Gasteiger partial charge in [-0.1, -0.05) is 0 Å². The van der Waals surface area contributed by atoms with Gasteiger partial charge in [0.1, 0.15) is 18.2 Å². The molecule has 112 valence electrons. The van der Waals surface area contributed by atoms with Crippen LogP contribution in [0.25, 0.3) is 0 Å². The number of rotatable bonds is 4. The third kappa shape index (κ3) is 3.57. The molecule has 0 spiro atoms. The summed E-state index contributed by atoms with van der Waals surface area (Å²) < 4.78 is 28.5. The molecule has 20 heavy (non-hydrogen) atoms. The van der Waals surface area contributed by atoms with E-state index >= 15 is 0 Å². The molecule has 2 rings (SSSR count). The van der Waals surface area contributed by atoms with Gasteiger partial charge in [-0.15, -0.1) is 0 Å². The Morgan fingerprint density at radius 1 is 1.50 bits per heavy atom. The molecule has 1 aliphatic rings. The monoisotopic (exact) mass is 300 g/mol. The van der Waals surface area contributed by atoms with Crippen molar-refractivity contribution < 1.29 is 13.2 Å². The van der Waals surface area contributed by atoms with Gasteiger partial charge in [-0.05, 0) is 13.8 Å². The Morgan fingerprint density at radius 3 is 2.90 bits per heavy atom. The normalized spacial score (nSPS) is 21.9. The van der Waals surface area contributed by atoms with Crippen molar-refractivity contribution in [3.63, 3.8) is 0 Å². The average Bonchev–Trinajstić information content (AvgIpc) is 2.34. The topological polar surface area (TPSA) is 98.4 Å². The van der Waals surface area contributed by atoms with Crippen molar-refractivity contribution in [2.75, 3.05) is 35.3 Å². The molecule has 0 radical (unpaired) electrons. The fourth-order valence-electron chi connectivity index (χ4n) is 2.25. The molecule has 1 atom stereocenters. The van der Waals surface area contributed by atoms with Gasteiger partial charge in [-0.25, -0.2) is 18.4 Å². The molecule has 1 aromatic rings. The molecule has 8 heteroatoms. The van der Waals surface area contributed by atoms with Crippen molar-refractivity contribution in [1.82, 2.24) is 9.97 Å². The first-order valence-electron chi connectivity index (χ1n) is 6.59. The number of anilines is 2. The molecule has 0 amide bonds. The highest BCUT2D eigenvalue weighted by Gasteiger charge is 2.29. The minimum atomic E-state index is -2.95. The van der Waals surface area contributed by atoms with E-state index in [1.165, 1.54) is 0 Å². The second-order valence-corrected chi connectivity index (χ2v) is 7.09. The van der Waals surface area contributed by atoms with Gasteiger partial charge in [0.05, 0.1) is 11.5 Å². The van der Waals surface area contributed by atoms with E-state index in [0.29, 0.717) is 37.2 Å². The van der Waals surface area contributed by atoms with Crippen LogP contribution in [0.3, 0.4) is 0 Å². The van der Waals surface area contributed by atoms with E-state index in [1.54, 1.807) is 6.07 Å². The van der Waals surface area contributed by atoms with Crippen molar-refractivity contribution in [2.24, 2.45) is 0 Å². The van der Waals surface area contributed by atoms with Crippen molar-refractivity contribution in [3.05, 3.63) is 11.9 Å². The van der Waals surface area contributed by atoms with E-state index in [-0.39, 0.29) is 17.5 Å². The Labute approximate surface area is 119 Å². The van der Waals surface area contributed by atoms with Gasteiger partial charge in [-0.2, -0.15) is 0 Å². The maximum Gasteiger partial charge on any atom is 0.158 e. The molecule has 0 aliphatic carbocycles. The zero-order valence-electron chi connectivity index (χ0n) is 11.7. The number of ether oxygens (including phenoxy) is 1. The number of nitrogens with two attached hydrogens (primary N) is 1. The van der Waals surface area contributed by atoms with Crippen LogP contribution in [0.4, 0.5) is 11.6 Å². The van der Waals surface area contributed by atoms with E-state index in [2.05, 4.69) is 9.97 Å². The minimum absolute atomic E-state index is 0.122. The lowest BCUT2D eigenvalue weighted by atomic mass is 10.3. The highest BCUT2D eigenvalue weighted by Crippen LogP contribution is 2.21. The lowest BCUT2D eigenvalue weighted by Crippen LogP contribution is -2.47. The molecule has 0 aromatic carbocycles. The Balaban J connectivity index is 2.22. The van der Waals surface area contributed by atoms with E-state index in [1.807, 2.05) is 18.7 Å². The van der Waals surface area contributed by atoms with Crippen molar-refractivity contribution in [2.45, 2.75) is 26.5 Å². The summed E-state index contributed by atoms with van der Waals surface area (Å²) in [5.41, 5.74) is 5.78. The SMILES string of the molecule is CCOCc1nc(N)cc(N2CCS(=O)(=O)CC2C)n1. The molecule has 0 bridgehead atoms. The van der Waals surface area contributed by atoms with Gasteiger partial charge in [0.15, 0.2) is 15.7 Å². The maximum absolute atomic E-state index is 11.6. The molecular weight excluding hydrogens is 280 g/mol. The smallest absolute Gasteiger partial charge is 0.158 e. The average molecular weight is 300 g/mol. The van der Waals surface area contributed by atoms with Crippen LogP contribution in [0, 0.1) is 0 Å². The van der Waals surface area contributed by atoms with E-state index in [4.69, 9.17) is 10.5 Å². The third-order valence-corrected chi connectivity index (χ3v) is 4.97. The van der Waals surface area contributed by atoms with Gasteiger partial charge in [-0.3, -0.25) is 0 Å². The lowest BCUT2D eigenvalue weighted by Gasteiger charge is -2.34. The van der Waals surface area contributed by atoms with Crippen LogP contribution < -0.4 is 10.6 Å². The van der Waals surface area contributed by atoms with E-state index in [9.17, 15) is 8.42 Å². The summed E-state index contributed by atoms with van der Waals surface area (Å²) in [5, 5.41) is 0. The largest absolute Gasteiger partial charge is 0.384 e. The first kappa shape index (κ1) is 15.0. The molecule has 7 nitrogen and oxygen atoms in total. The van der Waals surface area contributed by atoms with Gasteiger partial charge in [0.2, 0.25) is 0 Å². The highest BCUT2D eigenvalue weighted by atomic mass is 32.2. The molecule has 1 saturated heterocycles. The van der Waals surface area contributed by atoms with Crippen LogP contribution in [0.2, 0.25) is 0 Å². The minimum Gasteiger partial charge on any atom is -0.384 e. The standard InChI is InChI=1S/C12H20N4O3S/c1-3-19-7-11-14-10(13)6-12(15-11)16-4-5-20(17,18)8-9(16)2/h6,9H,3-5,7-8H2,1-2H3,(H2,13,14,15). The fraction of sp³-hybridized carbons (Fsp3) is 0.667. The third-order valence-electron chi connectivity index (χ3n) is 3.18. The van der Waals surface area contributed by atoms with Gasteiger partial charge in [0.25, 0.3) is 0 Å². The van der Waals surface area contributed by atoms with Crippen molar-refractivity contribution in [3.8, 4) is 0 Å². The molecule has 1 fully saturated rings. The summed E-state index contributed by atoms with van der Waals surface area (Å²) in [6.45, 7) is 5.07. The van der Waals surface area contributed by atoms with E-state index in [0.717, 1.165) is 0 Å². The summed E-state index contributed by atoms with van der Waals surface area (Å²) >= 11 is 0. The van der Waals surface area contributed by atoms with Crippen LogP contribution in [0.5, 0.6) is 0 Å². The highest BCUT2D eigenvalue weighted by molar-refractivity contribution is 7.91. The van der Waals surface area contributed by atoms with Gasteiger partial charge >= 0.3 is 0 Å². The number of aromatic nitrogens is 2. The van der Waals surface area contributed by atoms with E-state index < -0.39 is 9.84 Å². The summed E-state index contributed by atoms with van der Waals surface area (Å²) in [6.07, 6.45) is 0. The fourth-order valence-corrected chi connectivity index (χ4v) is 3.80. The second-order valence-electron chi connectivity index (χ2n) is 4.86. The Kier molecular flexibility index (Phi) is 4.44. The summed E-state index contributed by atoms with van der Waals surface area (Å²) in [6, 6.07) is 1.55. The molecule has 1 unspecified atom stereocenters. The van der Waals surface area contributed by atoms with Crippen LogP contribution in [0.1, 0.15) is 19.7 Å². The molecule has 2 N–H and O–H groups in total. The van der Waals surface area contributed by atoms with Crippen LogP contribution in [0.15, 0.2) is 6.07 Å². The predicted molar refractivity (Wildman–Crippen MR) is 77.2 cm³/mol. The zero-order valence-corrected chi connectivity index (χ0v) is 12.6. The molecule has 1 aliphatic heterocycles. The molecular formula is C12H20N4O3S. The number of hydrogen-bond acceptors (Lipinski definition) is 7. The molecule has 0 saturated carbocycles. The number of hydrogen-bond donors (Lipinski definition) is 1. The van der Waals surface area contributed by atoms with Crippen LogP contribution >= 0.6 is 0 Å². The second kappa shape index (κ2) is 5.92. The summed E-state index contributed by atoms with van der Waals surface area (Å²) in [5.74, 6) is 1.82. The first-order valence-corrected chi connectivity index (χ1v) is 8.41. The first-order chi connectivity index (χ1) is 9.41. The quantitative estimate of drug-likeness (QED) is 0.849. The Morgan fingerprint density at radius 2 is 2.25 bits per heavy atom. The molecule has 1 aromatic heterocycles. The zero-order chi connectivity index (χ0) is 14.8. The Hall–Kier alpha value is -1.41. The number of nitrogen functional groups attached to an aromatic ring is 1. The van der Waals surface area contributed by atoms with Crippen molar-refractivity contribution >= 4 is 21.5 Å². The number of nitrogens with zero attached hydrogens (tertiary/aromatic N) is 3. The van der Waals surface area contributed by atoms with Gasteiger partial charge < -0.3 is 15.4 Å².